The average Bonchev–Trinajstić information content (AvgIpc) is 2.82. The second-order valence-corrected chi connectivity index (χ2v) is 6.65. The summed E-state index contributed by atoms with van der Waals surface area (Å²) in [4.78, 5) is 29.1. The molecule has 1 aromatic rings. The van der Waals surface area contributed by atoms with Crippen LogP contribution in [0.3, 0.4) is 0 Å². The lowest BCUT2D eigenvalue weighted by Crippen LogP contribution is -2.45. The minimum atomic E-state index is -1.05. The van der Waals surface area contributed by atoms with Crippen LogP contribution in [0.1, 0.15) is 38.7 Å². The number of carbonyl (C=O) groups excluding carboxylic acids is 1. The molecule has 1 N–H and O–H groups in total. The third-order valence-corrected chi connectivity index (χ3v) is 3.68. The second-order valence-electron chi connectivity index (χ2n) is 6.27. The van der Waals surface area contributed by atoms with Crippen LogP contribution < -0.4 is 0 Å². The van der Waals surface area contributed by atoms with Gasteiger partial charge in [0.2, 0.25) is 0 Å². The minimum absolute atomic E-state index is 0.324. The summed E-state index contributed by atoms with van der Waals surface area (Å²) in [6.07, 6.45) is 1.49. The summed E-state index contributed by atoms with van der Waals surface area (Å²) in [5.41, 5.74) is 0.0860. The Bertz CT molecular complexity index is 568. The number of likely N-dealkylation sites (tertiary alicyclic amines) is 1. The van der Waals surface area contributed by atoms with Crippen molar-refractivity contribution in [1.82, 2.24) is 9.88 Å². The number of rotatable bonds is 2. The standard InChI is InChI=1S/C15H19ClN2O4/c1-15(2,3)22-14(21)18-7-6-10(12(18)13(19)20)9-4-5-11(16)17-8-9/h4-5,8,10,12H,6-7H2,1-3H3,(H,19,20). The van der Waals surface area contributed by atoms with Crippen LogP contribution in [-0.4, -0.2) is 45.2 Å². The highest BCUT2D eigenvalue weighted by molar-refractivity contribution is 6.29. The highest BCUT2D eigenvalue weighted by Gasteiger charge is 2.44. The van der Waals surface area contributed by atoms with Gasteiger partial charge in [-0.25, -0.2) is 14.6 Å². The Morgan fingerprint density at radius 1 is 1.41 bits per heavy atom. The molecule has 22 heavy (non-hydrogen) atoms. The van der Waals surface area contributed by atoms with Gasteiger partial charge in [-0.15, -0.1) is 0 Å². The van der Waals surface area contributed by atoms with Crippen LogP contribution in [0.2, 0.25) is 5.15 Å². The lowest BCUT2D eigenvalue weighted by Gasteiger charge is -2.28. The zero-order chi connectivity index (χ0) is 16.5. The van der Waals surface area contributed by atoms with E-state index in [1.165, 1.54) is 4.90 Å². The molecule has 0 aliphatic carbocycles. The van der Waals surface area contributed by atoms with E-state index in [1.807, 2.05) is 0 Å². The van der Waals surface area contributed by atoms with E-state index in [-0.39, 0.29) is 5.92 Å². The Labute approximate surface area is 134 Å². The molecule has 0 aromatic carbocycles. The van der Waals surface area contributed by atoms with Gasteiger partial charge in [0.1, 0.15) is 16.8 Å². The van der Waals surface area contributed by atoms with Crippen molar-refractivity contribution in [3.05, 3.63) is 29.0 Å². The molecule has 120 valence electrons. The first-order valence-corrected chi connectivity index (χ1v) is 7.41. The summed E-state index contributed by atoms with van der Waals surface area (Å²) >= 11 is 5.76. The fourth-order valence-corrected chi connectivity index (χ4v) is 2.69. The van der Waals surface area contributed by atoms with E-state index in [0.29, 0.717) is 18.1 Å². The Balaban J connectivity index is 2.23. The summed E-state index contributed by atoms with van der Waals surface area (Å²) in [5.74, 6) is -1.38. The molecule has 2 rings (SSSR count). The van der Waals surface area contributed by atoms with Gasteiger partial charge in [0.15, 0.2) is 0 Å². The Morgan fingerprint density at radius 2 is 2.09 bits per heavy atom. The molecule has 1 aliphatic rings. The van der Waals surface area contributed by atoms with Crippen molar-refractivity contribution in [3.63, 3.8) is 0 Å². The zero-order valence-corrected chi connectivity index (χ0v) is 13.5. The Kier molecular flexibility index (Phi) is 4.60. The largest absolute Gasteiger partial charge is 0.480 e. The number of aromatic nitrogens is 1. The summed E-state index contributed by atoms with van der Waals surface area (Å²) in [5, 5.41) is 9.87. The number of ether oxygens (including phenoxy) is 1. The van der Waals surface area contributed by atoms with Crippen molar-refractivity contribution in [2.75, 3.05) is 6.54 Å². The van der Waals surface area contributed by atoms with Gasteiger partial charge in [-0.1, -0.05) is 17.7 Å². The van der Waals surface area contributed by atoms with Crippen LogP contribution in [0, 0.1) is 0 Å². The lowest BCUT2D eigenvalue weighted by atomic mass is 9.93. The molecule has 1 fully saturated rings. The lowest BCUT2D eigenvalue weighted by molar-refractivity contribution is -0.142. The van der Waals surface area contributed by atoms with Crippen molar-refractivity contribution in [3.8, 4) is 0 Å². The maximum absolute atomic E-state index is 12.2. The third-order valence-electron chi connectivity index (χ3n) is 3.46. The third kappa shape index (κ3) is 3.68. The SMILES string of the molecule is CC(C)(C)OC(=O)N1CCC(c2ccc(Cl)nc2)C1C(=O)O. The van der Waals surface area contributed by atoms with Crippen molar-refractivity contribution in [2.24, 2.45) is 0 Å². The predicted molar refractivity (Wildman–Crippen MR) is 81.0 cm³/mol. The molecule has 0 radical (unpaired) electrons. The first-order chi connectivity index (χ1) is 10.2. The molecule has 1 saturated heterocycles. The number of carboxylic acids is 1. The topological polar surface area (TPSA) is 79.7 Å². The van der Waals surface area contributed by atoms with Crippen molar-refractivity contribution < 1.29 is 19.4 Å². The molecule has 2 unspecified atom stereocenters. The molecular formula is C15H19ClN2O4. The van der Waals surface area contributed by atoms with Crippen molar-refractivity contribution in [2.45, 2.75) is 44.8 Å². The molecule has 6 nitrogen and oxygen atoms in total. The molecule has 0 bridgehead atoms. The number of hydrogen-bond acceptors (Lipinski definition) is 4. The molecular weight excluding hydrogens is 308 g/mol. The average molecular weight is 327 g/mol. The number of halogens is 1. The summed E-state index contributed by atoms with van der Waals surface area (Å²) in [6.45, 7) is 5.57. The monoisotopic (exact) mass is 326 g/mol. The normalized spacial score (nSPS) is 21.7. The van der Waals surface area contributed by atoms with E-state index >= 15 is 0 Å². The molecule has 1 aliphatic heterocycles. The fraction of sp³-hybridized carbons (Fsp3) is 0.533. The van der Waals surface area contributed by atoms with Crippen LogP contribution in [0.5, 0.6) is 0 Å². The first-order valence-electron chi connectivity index (χ1n) is 7.03. The fourth-order valence-electron chi connectivity index (χ4n) is 2.58. The Morgan fingerprint density at radius 3 is 2.59 bits per heavy atom. The zero-order valence-electron chi connectivity index (χ0n) is 12.7. The second kappa shape index (κ2) is 6.12. The van der Waals surface area contributed by atoms with Crippen LogP contribution in [-0.2, 0) is 9.53 Å². The molecule has 0 saturated carbocycles. The number of pyridine rings is 1. The molecule has 7 heteroatoms. The highest BCUT2D eigenvalue weighted by atomic mass is 35.5. The molecule has 2 heterocycles. The highest BCUT2D eigenvalue weighted by Crippen LogP contribution is 2.34. The van der Waals surface area contributed by atoms with Gasteiger partial charge >= 0.3 is 12.1 Å². The number of carboxylic acid groups (broad SMARTS) is 1. The maximum Gasteiger partial charge on any atom is 0.411 e. The number of carbonyl (C=O) groups is 2. The van der Waals surface area contributed by atoms with Gasteiger partial charge in [-0.2, -0.15) is 0 Å². The van der Waals surface area contributed by atoms with Gasteiger partial charge in [0, 0.05) is 18.7 Å². The van der Waals surface area contributed by atoms with Crippen LogP contribution in [0.15, 0.2) is 18.3 Å². The van der Waals surface area contributed by atoms with Crippen LogP contribution >= 0.6 is 11.6 Å². The number of amides is 1. The van der Waals surface area contributed by atoms with E-state index in [2.05, 4.69) is 4.98 Å². The van der Waals surface area contributed by atoms with Gasteiger partial charge < -0.3 is 9.84 Å². The maximum atomic E-state index is 12.2. The van der Waals surface area contributed by atoms with Gasteiger partial charge in [-0.05, 0) is 38.8 Å². The molecule has 1 amide bonds. The number of nitrogens with zero attached hydrogens (tertiary/aromatic N) is 2. The van der Waals surface area contributed by atoms with Crippen molar-refractivity contribution >= 4 is 23.7 Å². The first kappa shape index (κ1) is 16.5. The van der Waals surface area contributed by atoms with E-state index in [1.54, 1.807) is 39.1 Å². The van der Waals surface area contributed by atoms with Gasteiger partial charge in [0.25, 0.3) is 0 Å². The molecule has 1 aromatic heterocycles. The van der Waals surface area contributed by atoms with Gasteiger partial charge in [-0.3, -0.25) is 4.90 Å². The smallest absolute Gasteiger partial charge is 0.411 e. The predicted octanol–water partition coefficient (Wildman–Crippen LogP) is 2.91. The molecule has 0 spiro atoms. The summed E-state index contributed by atoms with van der Waals surface area (Å²) in [7, 11) is 0. The number of aliphatic carboxylic acids is 1. The van der Waals surface area contributed by atoms with Crippen LogP contribution in [0.4, 0.5) is 4.79 Å². The quantitative estimate of drug-likeness (QED) is 0.845. The number of hydrogen-bond donors (Lipinski definition) is 1. The van der Waals surface area contributed by atoms with E-state index in [0.717, 1.165) is 5.56 Å². The van der Waals surface area contributed by atoms with Crippen LogP contribution in [0.25, 0.3) is 0 Å². The molecule has 2 atom stereocenters. The van der Waals surface area contributed by atoms with Gasteiger partial charge in [0.05, 0.1) is 0 Å². The van der Waals surface area contributed by atoms with E-state index in [9.17, 15) is 14.7 Å². The Hall–Kier alpha value is -1.82. The van der Waals surface area contributed by atoms with E-state index < -0.39 is 23.7 Å². The van der Waals surface area contributed by atoms with Crippen molar-refractivity contribution in [1.29, 1.82) is 0 Å². The van der Waals surface area contributed by atoms with E-state index in [4.69, 9.17) is 16.3 Å². The summed E-state index contributed by atoms with van der Waals surface area (Å²) in [6, 6.07) is 2.40. The summed E-state index contributed by atoms with van der Waals surface area (Å²) < 4.78 is 5.29. The minimum Gasteiger partial charge on any atom is -0.480 e.